The first-order valence-electron chi connectivity index (χ1n) is 9.48. The van der Waals surface area contributed by atoms with Gasteiger partial charge in [-0.25, -0.2) is 4.79 Å². The average molecular weight is 423 g/mol. The van der Waals surface area contributed by atoms with Gasteiger partial charge in [-0.15, -0.1) is 0 Å². The lowest BCUT2D eigenvalue weighted by atomic mass is 9.90. The van der Waals surface area contributed by atoms with Gasteiger partial charge in [0.15, 0.2) is 0 Å². The van der Waals surface area contributed by atoms with Crippen molar-refractivity contribution < 1.29 is 4.79 Å². The number of urea groups is 1. The highest BCUT2D eigenvalue weighted by atomic mass is 79.9. The minimum absolute atomic E-state index is 0.0101. The number of rotatable bonds is 3. The summed E-state index contributed by atoms with van der Waals surface area (Å²) >= 11 is 3.65. The van der Waals surface area contributed by atoms with E-state index in [-0.39, 0.29) is 6.03 Å². The van der Waals surface area contributed by atoms with E-state index >= 15 is 0 Å². The van der Waals surface area contributed by atoms with E-state index < -0.39 is 0 Å². The van der Waals surface area contributed by atoms with Crippen molar-refractivity contribution in [1.29, 1.82) is 0 Å². The van der Waals surface area contributed by atoms with E-state index in [0.29, 0.717) is 5.92 Å². The standard InChI is InChI=1S/C23H23BrN2O/c24-22-20-9-5-4-8-19(20)10-11-21(22)25-23(27)26-14-12-18(13-15-26)16-17-6-2-1-3-7-17/h1-11,18H,12-16H2,(H,25,27). The van der Waals surface area contributed by atoms with E-state index in [4.69, 9.17) is 0 Å². The van der Waals surface area contributed by atoms with Gasteiger partial charge in [-0.3, -0.25) is 0 Å². The van der Waals surface area contributed by atoms with Crippen LogP contribution in [0.15, 0.2) is 71.2 Å². The molecular weight excluding hydrogens is 400 g/mol. The van der Waals surface area contributed by atoms with Crippen LogP contribution in [0.4, 0.5) is 10.5 Å². The van der Waals surface area contributed by atoms with Gasteiger partial charge < -0.3 is 10.2 Å². The zero-order valence-electron chi connectivity index (χ0n) is 15.2. The number of hydrogen-bond donors (Lipinski definition) is 1. The fraction of sp³-hybridized carbons (Fsp3) is 0.261. The van der Waals surface area contributed by atoms with E-state index in [2.05, 4.69) is 63.7 Å². The molecule has 0 unspecified atom stereocenters. The molecule has 3 nitrogen and oxygen atoms in total. The molecule has 4 heteroatoms. The maximum atomic E-state index is 12.7. The van der Waals surface area contributed by atoms with Gasteiger partial charge in [-0.2, -0.15) is 0 Å². The number of fused-ring (bicyclic) bond motifs is 1. The van der Waals surface area contributed by atoms with Crippen LogP contribution in [0, 0.1) is 5.92 Å². The van der Waals surface area contributed by atoms with Crippen LogP contribution >= 0.6 is 15.9 Å². The lowest BCUT2D eigenvalue weighted by Crippen LogP contribution is -2.41. The number of halogens is 1. The summed E-state index contributed by atoms with van der Waals surface area (Å²) in [5.74, 6) is 0.656. The number of nitrogens with zero attached hydrogens (tertiary/aromatic N) is 1. The van der Waals surface area contributed by atoms with E-state index in [9.17, 15) is 4.79 Å². The van der Waals surface area contributed by atoms with Crippen molar-refractivity contribution in [2.45, 2.75) is 19.3 Å². The van der Waals surface area contributed by atoms with Crippen LogP contribution in [0.5, 0.6) is 0 Å². The number of likely N-dealkylation sites (tertiary alicyclic amines) is 1. The van der Waals surface area contributed by atoms with Crippen molar-refractivity contribution in [3.63, 3.8) is 0 Å². The molecule has 1 aliphatic rings. The molecule has 1 aliphatic heterocycles. The van der Waals surface area contributed by atoms with Gasteiger partial charge in [-0.05, 0) is 63.5 Å². The normalized spacial score (nSPS) is 15.1. The van der Waals surface area contributed by atoms with Crippen LogP contribution < -0.4 is 5.32 Å². The maximum absolute atomic E-state index is 12.7. The molecule has 3 aromatic carbocycles. The molecule has 27 heavy (non-hydrogen) atoms. The number of amides is 2. The van der Waals surface area contributed by atoms with Gasteiger partial charge in [0.05, 0.1) is 5.69 Å². The third-order valence-electron chi connectivity index (χ3n) is 5.37. The molecular formula is C23H23BrN2O. The van der Waals surface area contributed by atoms with Gasteiger partial charge in [0.25, 0.3) is 0 Å². The van der Waals surface area contributed by atoms with Gasteiger partial charge in [-0.1, -0.05) is 60.7 Å². The summed E-state index contributed by atoms with van der Waals surface area (Å²) in [5, 5.41) is 5.34. The molecule has 0 atom stereocenters. The second-order valence-electron chi connectivity index (χ2n) is 7.20. The third kappa shape index (κ3) is 4.16. The Hall–Kier alpha value is -2.33. The van der Waals surface area contributed by atoms with Crippen molar-refractivity contribution >= 4 is 38.4 Å². The Morgan fingerprint density at radius 1 is 0.963 bits per heavy atom. The van der Waals surface area contributed by atoms with E-state index in [1.165, 1.54) is 5.56 Å². The predicted molar refractivity (Wildman–Crippen MR) is 115 cm³/mol. The minimum Gasteiger partial charge on any atom is -0.325 e. The van der Waals surface area contributed by atoms with Gasteiger partial charge in [0.1, 0.15) is 0 Å². The first-order valence-corrected chi connectivity index (χ1v) is 10.3. The van der Waals surface area contributed by atoms with Crippen molar-refractivity contribution in [3.8, 4) is 0 Å². The van der Waals surface area contributed by atoms with Gasteiger partial charge in [0.2, 0.25) is 0 Å². The van der Waals surface area contributed by atoms with Crippen LogP contribution in [-0.4, -0.2) is 24.0 Å². The Balaban J connectivity index is 1.36. The average Bonchev–Trinajstić information content (AvgIpc) is 2.71. The number of piperidine rings is 1. The number of hydrogen-bond acceptors (Lipinski definition) is 1. The zero-order chi connectivity index (χ0) is 18.6. The number of anilines is 1. The SMILES string of the molecule is O=C(Nc1ccc2ccccc2c1Br)N1CCC(Cc2ccccc2)CC1. The second kappa shape index (κ2) is 8.13. The lowest BCUT2D eigenvalue weighted by Gasteiger charge is -2.32. The smallest absolute Gasteiger partial charge is 0.321 e. The first-order chi connectivity index (χ1) is 13.2. The summed E-state index contributed by atoms with van der Waals surface area (Å²) in [6, 6.07) is 22.8. The van der Waals surface area contributed by atoms with Crippen LogP contribution in [0.25, 0.3) is 10.8 Å². The molecule has 0 bridgehead atoms. The van der Waals surface area contributed by atoms with E-state index in [1.54, 1.807) is 0 Å². The first kappa shape index (κ1) is 18.1. The molecule has 0 aliphatic carbocycles. The Bertz CT molecular complexity index is 934. The van der Waals surface area contributed by atoms with Crippen LogP contribution in [0.2, 0.25) is 0 Å². The molecule has 1 saturated heterocycles. The topological polar surface area (TPSA) is 32.3 Å². The molecule has 0 aromatic heterocycles. The highest BCUT2D eigenvalue weighted by Crippen LogP contribution is 2.32. The monoisotopic (exact) mass is 422 g/mol. The Labute approximate surface area is 168 Å². The Kier molecular flexibility index (Phi) is 5.44. The molecule has 3 aromatic rings. The summed E-state index contributed by atoms with van der Waals surface area (Å²) in [4.78, 5) is 14.6. The van der Waals surface area contributed by atoms with E-state index in [0.717, 1.165) is 53.3 Å². The highest BCUT2D eigenvalue weighted by Gasteiger charge is 2.23. The van der Waals surface area contributed by atoms with Crippen LogP contribution in [-0.2, 0) is 6.42 Å². The fourth-order valence-electron chi connectivity index (χ4n) is 3.81. The van der Waals surface area contributed by atoms with Crippen LogP contribution in [0.3, 0.4) is 0 Å². The molecule has 2 amide bonds. The molecule has 0 saturated carbocycles. The largest absolute Gasteiger partial charge is 0.325 e. The molecule has 138 valence electrons. The molecule has 4 rings (SSSR count). The molecule has 1 N–H and O–H groups in total. The summed E-state index contributed by atoms with van der Waals surface area (Å²) in [6.07, 6.45) is 3.22. The number of nitrogens with one attached hydrogen (secondary N) is 1. The lowest BCUT2D eigenvalue weighted by molar-refractivity contribution is 0.182. The number of carbonyl (C=O) groups is 1. The van der Waals surface area contributed by atoms with Gasteiger partial charge >= 0.3 is 6.03 Å². The Morgan fingerprint density at radius 3 is 2.44 bits per heavy atom. The highest BCUT2D eigenvalue weighted by molar-refractivity contribution is 9.10. The summed E-state index contributed by atoms with van der Waals surface area (Å²) in [7, 11) is 0. The summed E-state index contributed by atoms with van der Waals surface area (Å²) in [5.41, 5.74) is 2.21. The molecule has 0 spiro atoms. The third-order valence-corrected chi connectivity index (χ3v) is 6.23. The molecule has 1 heterocycles. The van der Waals surface area contributed by atoms with E-state index in [1.807, 2.05) is 29.2 Å². The fourth-order valence-corrected chi connectivity index (χ4v) is 4.40. The molecule has 0 radical (unpaired) electrons. The van der Waals surface area contributed by atoms with Crippen LogP contribution in [0.1, 0.15) is 18.4 Å². The van der Waals surface area contributed by atoms with Crippen molar-refractivity contribution in [1.82, 2.24) is 4.90 Å². The maximum Gasteiger partial charge on any atom is 0.321 e. The zero-order valence-corrected chi connectivity index (χ0v) is 16.8. The van der Waals surface area contributed by atoms with Crippen molar-refractivity contribution in [3.05, 3.63) is 76.8 Å². The molecule has 1 fully saturated rings. The number of carbonyl (C=O) groups excluding carboxylic acids is 1. The second-order valence-corrected chi connectivity index (χ2v) is 7.99. The Morgan fingerprint density at radius 2 is 1.67 bits per heavy atom. The van der Waals surface area contributed by atoms with Gasteiger partial charge in [0, 0.05) is 17.6 Å². The summed E-state index contributed by atoms with van der Waals surface area (Å²) < 4.78 is 0.938. The van der Waals surface area contributed by atoms with Crippen molar-refractivity contribution in [2.24, 2.45) is 5.92 Å². The number of benzene rings is 3. The predicted octanol–water partition coefficient (Wildman–Crippen LogP) is 6.09. The van der Waals surface area contributed by atoms with Crippen molar-refractivity contribution in [2.75, 3.05) is 18.4 Å². The summed E-state index contributed by atoms with van der Waals surface area (Å²) in [6.45, 7) is 1.63. The minimum atomic E-state index is -0.0101. The quantitative estimate of drug-likeness (QED) is 0.543.